The number of H-pyrrole nitrogens is 1. The van der Waals surface area contributed by atoms with Gasteiger partial charge in [-0.1, -0.05) is 17.7 Å². The summed E-state index contributed by atoms with van der Waals surface area (Å²) >= 11 is 6.00. The normalized spacial score (nSPS) is 11.8. The van der Waals surface area contributed by atoms with Crippen molar-refractivity contribution in [2.45, 2.75) is 18.7 Å². The van der Waals surface area contributed by atoms with Gasteiger partial charge in [0.2, 0.25) is 0 Å². The lowest BCUT2D eigenvalue weighted by molar-refractivity contribution is 0.600. The average molecular weight is 336 g/mol. The summed E-state index contributed by atoms with van der Waals surface area (Å²) in [5, 5.41) is 0.419. The molecular weight excluding hydrogens is 322 g/mol. The van der Waals surface area contributed by atoms with Gasteiger partial charge >= 0.3 is 0 Å². The van der Waals surface area contributed by atoms with Crippen LogP contribution in [0.4, 0.5) is 5.69 Å². The van der Waals surface area contributed by atoms with Gasteiger partial charge < -0.3 is 4.98 Å². The van der Waals surface area contributed by atoms with E-state index in [4.69, 9.17) is 11.6 Å². The highest BCUT2D eigenvalue weighted by atomic mass is 35.5. The highest BCUT2D eigenvalue weighted by Gasteiger charge is 2.18. The lowest BCUT2D eigenvalue weighted by atomic mass is 10.2. The maximum atomic E-state index is 12.5. The van der Waals surface area contributed by atoms with Gasteiger partial charge in [0.15, 0.2) is 0 Å². The van der Waals surface area contributed by atoms with Crippen molar-refractivity contribution < 1.29 is 8.42 Å². The minimum atomic E-state index is -3.70. The number of sulfonamides is 1. The van der Waals surface area contributed by atoms with E-state index in [0.717, 1.165) is 16.9 Å². The van der Waals surface area contributed by atoms with Gasteiger partial charge in [-0.25, -0.2) is 13.4 Å². The van der Waals surface area contributed by atoms with E-state index < -0.39 is 10.0 Å². The Kier molecular flexibility index (Phi) is 3.58. The van der Waals surface area contributed by atoms with E-state index in [1.807, 2.05) is 6.92 Å². The Labute approximate surface area is 133 Å². The van der Waals surface area contributed by atoms with Crippen molar-refractivity contribution in [1.82, 2.24) is 9.97 Å². The van der Waals surface area contributed by atoms with Gasteiger partial charge in [-0.2, -0.15) is 0 Å². The lowest BCUT2D eigenvalue weighted by Gasteiger charge is -2.11. The molecule has 0 amide bonds. The molecule has 2 N–H and O–H groups in total. The molecule has 5 nitrogen and oxygen atoms in total. The van der Waals surface area contributed by atoms with Crippen LogP contribution in [0.3, 0.4) is 0 Å². The maximum Gasteiger partial charge on any atom is 0.262 e. The molecule has 114 valence electrons. The fourth-order valence-corrected chi connectivity index (χ4v) is 3.84. The molecule has 22 heavy (non-hydrogen) atoms. The number of imidazole rings is 1. The van der Waals surface area contributed by atoms with E-state index in [9.17, 15) is 8.42 Å². The Morgan fingerprint density at radius 1 is 1.18 bits per heavy atom. The topological polar surface area (TPSA) is 74.8 Å². The van der Waals surface area contributed by atoms with Crippen LogP contribution in [-0.2, 0) is 10.0 Å². The van der Waals surface area contributed by atoms with Gasteiger partial charge in [0.25, 0.3) is 10.0 Å². The number of hydrogen-bond acceptors (Lipinski definition) is 3. The van der Waals surface area contributed by atoms with Crippen LogP contribution < -0.4 is 4.72 Å². The summed E-state index contributed by atoms with van der Waals surface area (Å²) < 4.78 is 27.6. The Bertz CT molecular complexity index is 964. The molecule has 0 spiro atoms. The molecule has 0 radical (unpaired) electrons. The van der Waals surface area contributed by atoms with Crippen molar-refractivity contribution in [3.8, 4) is 0 Å². The summed E-state index contributed by atoms with van der Waals surface area (Å²) in [5.41, 5.74) is 2.56. The molecule has 1 aromatic heterocycles. The van der Waals surface area contributed by atoms with Crippen molar-refractivity contribution in [3.05, 3.63) is 52.8 Å². The van der Waals surface area contributed by atoms with E-state index in [-0.39, 0.29) is 4.90 Å². The first kappa shape index (κ1) is 14.9. The van der Waals surface area contributed by atoms with Crippen molar-refractivity contribution >= 4 is 38.3 Å². The number of aromatic nitrogens is 2. The molecular formula is C15H14ClN3O2S. The molecule has 0 saturated carbocycles. The molecule has 0 saturated heterocycles. The summed E-state index contributed by atoms with van der Waals surface area (Å²) in [6.45, 7) is 3.53. The van der Waals surface area contributed by atoms with Crippen LogP contribution >= 0.6 is 11.6 Å². The summed E-state index contributed by atoms with van der Waals surface area (Å²) in [4.78, 5) is 7.53. The van der Waals surface area contributed by atoms with Gasteiger partial charge in [-0.3, -0.25) is 4.72 Å². The molecule has 3 rings (SSSR count). The summed E-state index contributed by atoms with van der Waals surface area (Å²) in [7, 11) is -3.70. The zero-order valence-electron chi connectivity index (χ0n) is 12.0. The van der Waals surface area contributed by atoms with Crippen molar-refractivity contribution in [3.63, 3.8) is 0 Å². The number of nitrogens with zero attached hydrogens (tertiary/aromatic N) is 1. The minimum absolute atomic E-state index is 0.167. The number of rotatable bonds is 3. The van der Waals surface area contributed by atoms with E-state index in [1.165, 1.54) is 6.07 Å². The van der Waals surface area contributed by atoms with Crippen LogP contribution in [-0.4, -0.2) is 18.4 Å². The van der Waals surface area contributed by atoms with Gasteiger partial charge in [0.05, 0.1) is 21.6 Å². The third-order valence-electron chi connectivity index (χ3n) is 3.36. The number of nitrogens with one attached hydrogen (secondary N) is 2. The second-order valence-corrected chi connectivity index (χ2v) is 7.08. The molecule has 0 aliphatic rings. The molecule has 3 aromatic rings. The van der Waals surface area contributed by atoms with Crippen molar-refractivity contribution in [2.24, 2.45) is 0 Å². The first-order chi connectivity index (χ1) is 10.4. The van der Waals surface area contributed by atoms with E-state index in [1.54, 1.807) is 37.3 Å². The predicted molar refractivity (Wildman–Crippen MR) is 87.8 cm³/mol. The van der Waals surface area contributed by atoms with Gasteiger partial charge in [-0.15, -0.1) is 0 Å². The van der Waals surface area contributed by atoms with Crippen molar-refractivity contribution in [2.75, 3.05) is 4.72 Å². The zero-order valence-corrected chi connectivity index (χ0v) is 13.6. The maximum absolute atomic E-state index is 12.5. The number of anilines is 1. The molecule has 0 aliphatic carbocycles. The van der Waals surface area contributed by atoms with Crippen LogP contribution in [0.5, 0.6) is 0 Å². The van der Waals surface area contributed by atoms with Gasteiger partial charge in [0, 0.05) is 5.02 Å². The van der Waals surface area contributed by atoms with Crippen LogP contribution in [0.25, 0.3) is 11.0 Å². The summed E-state index contributed by atoms with van der Waals surface area (Å²) in [6.07, 6.45) is 0. The molecule has 7 heteroatoms. The Morgan fingerprint density at radius 3 is 2.73 bits per heavy atom. The molecule has 0 bridgehead atoms. The molecule has 0 aliphatic heterocycles. The number of benzene rings is 2. The number of fused-ring (bicyclic) bond motifs is 1. The number of hydrogen-bond donors (Lipinski definition) is 2. The van der Waals surface area contributed by atoms with Crippen LogP contribution in [0.1, 0.15) is 11.4 Å². The quantitative estimate of drug-likeness (QED) is 0.767. The average Bonchev–Trinajstić information content (AvgIpc) is 2.80. The monoisotopic (exact) mass is 335 g/mol. The first-order valence-corrected chi connectivity index (χ1v) is 8.47. The zero-order chi connectivity index (χ0) is 15.9. The third-order valence-corrected chi connectivity index (χ3v) is 5.30. The standard InChI is InChI=1S/C15H14ClN3O2S/c1-9-12(16)4-3-5-15(9)22(20,21)19-11-6-7-13-14(8-11)18-10(2)17-13/h3-8,19H,1-2H3,(H,17,18). The second-order valence-electron chi connectivity index (χ2n) is 5.02. The fourth-order valence-electron chi connectivity index (χ4n) is 2.29. The molecule has 0 atom stereocenters. The number of halogens is 1. The van der Waals surface area contributed by atoms with E-state index in [2.05, 4.69) is 14.7 Å². The predicted octanol–water partition coefficient (Wildman–Crippen LogP) is 3.63. The molecule has 0 unspecified atom stereocenters. The largest absolute Gasteiger partial charge is 0.342 e. The van der Waals surface area contributed by atoms with E-state index in [0.29, 0.717) is 16.3 Å². The van der Waals surface area contributed by atoms with Crippen LogP contribution in [0, 0.1) is 13.8 Å². The SMILES string of the molecule is Cc1nc2ccc(NS(=O)(=O)c3cccc(Cl)c3C)cc2[nH]1. The Morgan fingerprint density at radius 2 is 1.95 bits per heavy atom. The first-order valence-electron chi connectivity index (χ1n) is 6.61. The highest BCUT2D eigenvalue weighted by molar-refractivity contribution is 7.92. The van der Waals surface area contributed by atoms with Crippen molar-refractivity contribution in [1.29, 1.82) is 0 Å². The van der Waals surface area contributed by atoms with Gasteiger partial charge in [-0.05, 0) is 49.7 Å². The summed E-state index contributed by atoms with van der Waals surface area (Å²) in [5.74, 6) is 0.778. The lowest BCUT2D eigenvalue weighted by Crippen LogP contribution is -2.14. The Balaban J connectivity index is 2.00. The van der Waals surface area contributed by atoms with Crippen LogP contribution in [0.2, 0.25) is 5.02 Å². The molecule has 2 aromatic carbocycles. The van der Waals surface area contributed by atoms with E-state index >= 15 is 0 Å². The summed E-state index contributed by atoms with van der Waals surface area (Å²) in [6, 6.07) is 9.97. The fraction of sp³-hybridized carbons (Fsp3) is 0.133. The second kappa shape index (κ2) is 5.30. The Hall–Kier alpha value is -2.05. The highest BCUT2D eigenvalue weighted by Crippen LogP contribution is 2.25. The molecule has 0 fully saturated rings. The minimum Gasteiger partial charge on any atom is -0.342 e. The van der Waals surface area contributed by atoms with Crippen LogP contribution in [0.15, 0.2) is 41.3 Å². The molecule has 1 heterocycles. The number of aryl methyl sites for hydroxylation is 1. The van der Waals surface area contributed by atoms with Gasteiger partial charge in [0.1, 0.15) is 5.82 Å². The number of aromatic amines is 1. The third kappa shape index (κ3) is 2.67. The smallest absolute Gasteiger partial charge is 0.262 e.